The summed E-state index contributed by atoms with van der Waals surface area (Å²) in [6, 6.07) is 0. The number of hydrogen-bond acceptors (Lipinski definition) is 4. The van der Waals surface area contributed by atoms with Crippen LogP contribution >= 0.6 is 0 Å². The maximum atomic E-state index is 13.0. The van der Waals surface area contributed by atoms with Gasteiger partial charge in [0.05, 0.1) is 23.6 Å². The van der Waals surface area contributed by atoms with Crippen LogP contribution in [0.4, 0.5) is 0 Å². The fraction of sp³-hybridized carbons (Fsp3) is 0.562. The number of carbonyl (C=O) groups is 1. The quantitative estimate of drug-likeness (QED) is 0.788. The van der Waals surface area contributed by atoms with E-state index in [0.29, 0.717) is 11.5 Å². The van der Waals surface area contributed by atoms with Gasteiger partial charge in [-0.3, -0.25) is 9.78 Å². The smallest absolute Gasteiger partial charge is 0.257 e. The minimum Gasteiger partial charge on any atom is -0.338 e. The molecule has 0 spiro atoms. The third-order valence-electron chi connectivity index (χ3n) is 5.28. The predicted molar refractivity (Wildman–Crippen MR) is 83.5 cm³/mol. The van der Waals surface area contributed by atoms with E-state index in [1.807, 2.05) is 16.5 Å². The van der Waals surface area contributed by atoms with Gasteiger partial charge in [-0.2, -0.15) is 0 Å². The monoisotopic (exact) mass is 299 g/mol. The molecule has 2 fully saturated rings. The van der Waals surface area contributed by atoms with E-state index < -0.39 is 0 Å². The van der Waals surface area contributed by atoms with Crippen molar-refractivity contribution in [2.24, 2.45) is 18.4 Å². The highest BCUT2D eigenvalue weighted by atomic mass is 16.2. The molecule has 2 atom stereocenters. The summed E-state index contributed by atoms with van der Waals surface area (Å²) in [6.45, 7) is 6.12. The molecule has 1 amide bonds. The second-order valence-corrected chi connectivity index (χ2v) is 7.14. The normalized spacial score (nSPS) is 28.5. The van der Waals surface area contributed by atoms with Crippen molar-refractivity contribution in [3.8, 4) is 0 Å². The van der Waals surface area contributed by atoms with Crippen LogP contribution in [0.3, 0.4) is 0 Å². The van der Waals surface area contributed by atoms with Gasteiger partial charge < -0.3 is 14.4 Å². The van der Waals surface area contributed by atoms with E-state index in [2.05, 4.69) is 28.8 Å². The van der Waals surface area contributed by atoms with Crippen molar-refractivity contribution in [1.29, 1.82) is 0 Å². The summed E-state index contributed by atoms with van der Waals surface area (Å²) < 4.78 is 1.90. The molecule has 4 heterocycles. The number of rotatable bonds is 1. The summed E-state index contributed by atoms with van der Waals surface area (Å²) in [7, 11) is 4.08. The van der Waals surface area contributed by atoms with E-state index in [1.165, 1.54) is 0 Å². The molecule has 22 heavy (non-hydrogen) atoms. The van der Waals surface area contributed by atoms with Crippen LogP contribution in [0, 0.1) is 11.3 Å². The highest BCUT2D eigenvalue weighted by Crippen LogP contribution is 2.41. The molecule has 0 unspecified atom stereocenters. The molecule has 0 N–H and O–H groups in total. The fourth-order valence-electron chi connectivity index (χ4n) is 4.23. The lowest BCUT2D eigenvalue weighted by Gasteiger charge is -2.24. The van der Waals surface area contributed by atoms with Crippen LogP contribution in [0.1, 0.15) is 17.3 Å². The van der Waals surface area contributed by atoms with Crippen LogP contribution in [-0.2, 0) is 7.05 Å². The van der Waals surface area contributed by atoms with Crippen LogP contribution in [0.2, 0.25) is 0 Å². The number of imidazole rings is 1. The zero-order chi connectivity index (χ0) is 15.5. The minimum absolute atomic E-state index is 0.0833. The Morgan fingerprint density at radius 3 is 2.86 bits per heavy atom. The summed E-state index contributed by atoms with van der Waals surface area (Å²) in [5.74, 6) is 0.653. The van der Waals surface area contributed by atoms with E-state index in [0.717, 1.165) is 37.2 Å². The average Bonchev–Trinajstić information content (AvgIpc) is 3.07. The largest absolute Gasteiger partial charge is 0.338 e. The van der Waals surface area contributed by atoms with Gasteiger partial charge in [0.15, 0.2) is 0 Å². The topological polar surface area (TPSA) is 54.3 Å². The molecule has 4 rings (SSSR count). The molecule has 2 aliphatic heterocycles. The van der Waals surface area contributed by atoms with Gasteiger partial charge >= 0.3 is 0 Å². The molecule has 2 aromatic rings. The van der Waals surface area contributed by atoms with Gasteiger partial charge in [0.2, 0.25) is 0 Å². The van der Waals surface area contributed by atoms with Crippen molar-refractivity contribution in [1.82, 2.24) is 24.3 Å². The molecule has 0 aliphatic carbocycles. The Hall–Kier alpha value is -1.95. The summed E-state index contributed by atoms with van der Waals surface area (Å²) in [5.41, 5.74) is 2.53. The van der Waals surface area contributed by atoms with Gasteiger partial charge in [0, 0.05) is 44.8 Å². The second-order valence-electron chi connectivity index (χ2n) is 7.14. The Bertz CT molecular complexity index is 754. The maximum absolute atomic E-state index is 13.0. The van der Waals surface area contributed by atoms with E-state index in [9.17, 15) is 4.79 Å². The lowest BCUT2D eigenvalue weighted by molar-refractivity contribution is 0.0766. The number of aromatic nitrogens is 3. The Morgan fingerprint density at radius 1 is 1.27 bits per heavy atom. The summed E-state index contributed by atoms with van der Waals surface area (Å²) in [6.07, 6.45) is 5.12. The van der Waals surface area contributed by atoms with Gasteiger partial charge in [0.25, 0.3) is 5.91 Å². The zero-order valence-electron chi connectivity index (χ0n) is 13.3. The van der Waals surface area contributed by atoms with Crippen LogP contribution in [-0.4, -0.2) is 63.5 Å². The molecule has 2 saturated heterocycles. The van der Waals surface area contributed by atoms with Crippen LogP contribution in [0.25, 0.3) is 11.0 Å². The number of hydrogen-bond donors (Lipinski definition) is 0. The van der Waals surface area contributed by atoms with E-state index >= 15 is 0 Å². The Labute approximate surface area is 129 Å². The number of pyridine rings is 1. The molecule has 2 aromatic heterocycles. The Balaban J connectivity index is 1.67. The number of carbonyl (C=O) groups excluding carboxylic acids is 1. The van der Waals surface area contributed by atoms with Gasteiger partial charge in [-0.05, 0) is 13.0 Å². The number of amides is 1. The minimum atomic E-state index is 0.0833. The average molecular weight is 299 g/mol. The fourth-order valence-corrected chi connectivity index (χ4v) is 4.23. The first kappa shape index (κ1) is 13.7. The van der Waals surface area contributed by atoms with E-state index in [1.54, 1.807) is 18.7 Å². The van der Waals surface area contributed by atoms with Crippen LogP contribution in [0.5, 0.6) is 0 Å². The molecule has 0 aromatic carbocycles. The van der Waals surface area contributed by atoms with Crippen molar-refractivity contribution in [2.45, 2.75) is 6.92 Å². The standard InChI is InChI=1S/C16H21N5O/c1-16-8-19(2)6-11(16)7-21(9-16)15(22)12-4-17-5-13-14(12)20(3)10-18-13/h4-5,10-11H,6-9H2,1-3H3/t11-,16+/m1/s1. The maximum Gasteiger partial charge on any atom is 0.257 e. The molecule has 6 nitrogen and oxygen atoms in total. The molecular weight excluding hydrogens is 278 g/mol. The first-order valence-corrected chi connectivity index (χ1v) is 7.71. The van der Waals surface area contributed by atoms with Crippen molar-refractivity contribution in [3.05, 3.63) is 24.3 Å². The third-order valence-corrected chi connectivity index (χ3v) is 5.28. The first-order chi connectivity index (χ1) is 10.5. The summed E-state index contributed by atoms with van der Waals surface area (Å²) in [4.78, 5) is 25.8. The van der Waals surface area contributed by atoms with Crippen molar-refractivity contribution < 1.29 is 4.79 Å². The highest BCUT2D eigenvalue weighted by Gasteiger charge is 2.49. The molecular formula is C16H21N5O. The van der Waals surface area contributed by atoms with Crippen molar-refractivity contribution in [2.75, 3.05) is 33.2 Å². The highest BCUT2D eigenvalue weighted by molar-refractivity contribution is 6.04. The lowest BCUT2D eigenvalue weighted by atomic mass is 9.83. The van der Waals surface area contributed by atoms with Crippen LogP contribution < -0.4 is 0 Å². The van der Waals surface area contributed by atoms with Gasteiger partial charge in [-0.1, -0.05) is 6.92 Å². The number of aryl methyl sites for hydroxylation is 1. The first-order valence-electron chi connectivity index (χ1n) is 7.71. The van der Waals surface area contributed by atoms with Gasteiger partial charge in [-0.15, -0.1) is 0 Å². The third kappa shape index (κ3) is 1.86. The summed E-state index contributed by atoms with van der Waals surface area (Å²) >= 11 is 0. The number of likely N-dealkylation sites (tertiary alicyclic amines) is 2. The van der Waals surface area contributed by atoms with Crippen molar-refractivity contribution >= 4 is 16.9 Å². The Kier molecular flexibility index (Phi) is 2.81. The van der Waals surface area contributed by atoms with E-state index in [4.69, 9.17) is 0 Å². The molecule has 116 valence electrons. The molecule has 0 bridgehead atoms. The predicted octanol–water partition coefficient (Wildman–Crippen LogP) is 0.992. The summed E-state index contributed by atoms with van der Waals surface area (Å²) in [5, 5.41) is 0. The van der Waals surface area contributed by atoms with Gasteiger partial charge in [-0.25, -0.2) is 4.98 Å². The zero-order valence-corrected chi connectivity index (χ0v) is 13.3. The van der Waals surface area contributed by atoms with Crippen molar-refractivity contribution in [3.63, 3.8) is 0 Å². The molecule has 0 radical (unpaired) electrons. The molecule has 2 aliphatic rings. The van der Waals surface area contributed by atoms with Crippen LogP contribution in [0.15, 0.2) is 18.7 Å². The second kappa shape index (κ2) is 4.52. The van der Waals surface area contributed by atoms with E-state index in [-0.39, 0.29) is 11.3 Å². The SMILES string of the molecule is CN1C[C@@H]2CN(C(=O)c3cncc4ncn(C)c34)C[C@]2(C)C1. The lowest BCUT2D eigenvalue weighted by Crippen LogP contribution is -2.34. The Morgan fingerprint density at radius 2 is 2.09 bits per heavy atom. The molecule has 0 saturated carbocycles. The number of nitrogens with zero attached hydrogens (tertiary/aromatic N) is 5. The number of fused-ring (bicyclic) bond motifs is 2. The molecule has 6 heteroatoms. The van der Waals surface area contributed by atoms with Gasteiger partial charge in [0.1, 0.15) is 5.52 Å².